The van der Waals surface area contributed by atoms with Gasteiger partial charge in [0.25, 0.3) is 5.91 Å². The summed E-state index contributed by atoms with van der Waals surface area (Å²) in [6, 6.07) is 17.9. The van der Waals surface area contributed by atoms with Gasteiger partial charge in [0.15, 0.2) is 0 Å². The van der Waals surface area contributed by atoms with Crippen molar-refractivity contribution in [1.82, 2.24) is 19.6 Å². The zero-order valence-corrected chi connectivity index (χ0v) is 18.3. The van der Waals surface area contributed by atoms with Crippen LogP contribution in [0.5, 0.6) is 0 Å². The Hall–Kier alpha value is -2.63. The lowest BCUT2D eigenvalue weighted by Crippen LogP contribution is -2.48. The van der Waals surface area contributed by atoms with Crippen molar-refractivity contribution in [3.05, 3.63) is 87.7 Å². The lowest BCUT2D eigenvalue weighted by Gasteiger charge is -2.35. The topological polar surface area (TPSA) is 41.4 Å². The third kappa shape index (κ3) is 4.74. The molecule has 5 nitrogen and oxygen atoms in total. The lowest BCUT2D eigenvalue weighted by molar-refractivity contribution is 0.0628. The number of carbonyl (C=O) groups excluding carboxylic acids is 1. The van der Waals surface area contributed by atoms with Gasteiger partial charge in [0.1, 0.15) is 0 Å². The molecule has 6 heteroatoms. The SMILES string of the molecule is Cc1cc(C)n(Cc2ccc(C(=O)N3CCN(Cc4ccccc4Cl)CC3)cc2)n1. The van der Waals surface area contributed by atoms with E-state index in [0.717, 1.165) is 72.4 Å². The molecule has 1 aromatic heterocycles. The number of amides is 1. The van der Waals surface area contributed by atoms with Crippen molar-refractivity contribution >= 4 is 17.5 Å². The molecule has 0 bridgehead atoms. The van der Waals surface area contributed by atoms with E-state index in [1.807, 2.05) is 59.0 Å². The van der Waals surface area contributed by atoms with Crippen molar-refractivity contribution < 1.29 is 4.79 Å². The maximum absolute atomic E-state index is 12.9. The average Bonchev–Trinajstić information content (AvgIpc) is 3.07. The second-order valence-electron chi connectivity index (χ2n) is 7.94. The average molecular weight is 423 g/mol. The number of aromatic nitrogens is 2. The van der Waals surface area contributed by atoms with Crippen LogP contribution in [-0.4, -0.2) is 51.7 Å². The van der Waals surface area contributed by atoms with Gasteiger partial charge in [0.2, 0.25) is 0 Å². The minimum Gasteiger partial charge on any atom is -0.336 e. The van der Waals surface area contributed by atoms with Gasteiger partial charge in [-0.25, -0.2) is 0 Å². The second-order valence-corrected chi connectivity index (χ2v) is 8.35. The predicted octanol–water partition coefficient (Wildman–Crippen LogP) is 4.16. The first kappa shape index (κ1) is 20.6. The summed E-state index contributed by atoms with van der Waals surface area (Å²) in [5.41, 5.74) is 5.18. The third-order valence-electron chi connectivity index (χ3n) is 5.65. The van der Waals surface area contributed by atoms with Gasteiger partial charge in [-0.3, -0.25) is 14.4 Å². The Bertz CT molecular complexity index is 1020. The molecule has 0 unspecified atom stereocenters. The fourth-order valence-corrected chi connectivity index (χ4v) is 4.12. The smallest absolute Gasteiger partial charge is 0.253 e. The molecule has 3 aromatic rings. The van der Waals surface area contributed by atoms with Crippen LogP contribution in [0.2, 0.25) is 5.02 Å². The van der Waals surface area contributed by atoms with Gasteiger partial charge >= 0.3 is 0 Å². The number of rotatable bonds is 5. The molecule has 0 spiro atoms. The molecule has 0 N–H and O–H groups in total. The highest BCUT2D eigenvalue weighted by atomic mass is 35.5. The number of nitrogens with zero attached hydrogens (tertiary/aromatic N) is 4. The predicted molar refractivity (Wildman–Crippen MR) is 120 cm³/mol. The largest absolute Gasteiger partial charge is 0.336 e. The monoisotopic (exact) mass is 422 g/mol. The van der Waals surface area contributed by atoms with E-state index in [1.165, 1.54) is 0 Å². The zero-order chi connectivity index (χ0) is 21.1. The highest BCUT2D eigenvalue weighted by Gasteiger charge is 2.22. The summed E-state index contributed by atoms with van der Waals surface area (Å²) in [6.45, 7) is 8.77. The normalized spacial score (nSPS) is 14.8. The molecule has 1 fully saturated rings. The molecule has 1 amide bonds. The number of halogens is 1. The third-order valence-corrected chi connectivity index (χ3v) is 6.02. The van der Waals surface area contributed by atoms with Gasteiger partial charge in [-0.1, -0.05) is 41.9 Å². The van der Waals surface area contributed by atoms with Crippen molar-refractivity contribution in [2.24, 2.45) is 0 Å². The molecule has 0 radical (unpaired) electrons. The van der Waals surface area contributed by atoms with Crippen LogP contribution < -0.4 is 0 Å². The maximum Gasteiger partial charge on any atom is 0.253 e. The molecule has 4 rings (SSSR count). The molecule has 0 atom stereocenters. The summed E-state index contributed by atoms with van der Waals surface area (Å²) in [4.78, 5) is 17.2. The van der Waals surface area contributed by atoms with E-state index >= 15 is 0 Å². The summed E-state index contributed by atoms with van der Waals surface area (Å²) in [6.07, 6.45) is 0. The first-order valence-corrected chi connectivity index (χ1v) is 10.7. The van der Waals surface area contributed by atoms with Crippen LogP contribution in [-0.2, 0) is 13.1 Å². The highest BCUT2D eigenvalue weighted by Crippen LogP contribution is 2.18. The van der Waals surface area contributed by atoms with Gasteiger partial charge in [-0.2, -0.15) is 5.10 Å². The molecule has 1 saturated heterocycles. The standard InChI is InChI=1S/C24H27ClN4O/c1-18-15-19(2)29(26-18)16-20-7-9-21(10-8-20)24(30)28-13-11-27(12-14-28)17-22-5-3-4-6-23(22)25/h3-10,15H,11-14,16-17H2,1-2H3. The van der Waals surface area contributed by atoms with E-state index in [1.54, 1.807) is 0 Å². The van der Waals surface area contributed by atoms with Crippen molar-refractivity contribution in [3.63, 3.8) is 0 Å². The van der Waals surface area contributed by atoms with E-state index in [0.29, 0.717) is 0 Å². The van der Waals surface area contributed by atoms with Crippen molar-refractivity contribution in [2.75, 3.05) is 26.2 Å². The molecule has 30 heavy (non-hydrogen) atoms. The first-order valence-electron chi connectivity index (χ1n) is 10.3. The number of piperazine rings is 1. The van der Waals surface area contributed by atoms with Crippen molar-refractivity contribution in [1.29, 1.82) is 0 Å². The number of carbonyl (C=O) groups is 1. The van der Waals surface area contributed by atoms with E-state index in [2.05, 4.69) is 29.1 Å². The molecule has 1 aliphatic rings. The number of hydrogen-bond donors (Lipinski definition) is 0. The summed E-state index contributed by atoms with van der Waals surface area (Å²) >= 11 is 6.28. The van der Waals surface area contributed by atoms with Crippen LogP contribution >= 0.6 is 11.6 Å². The zero-order valence-electron chi connectivity index (χ0n) is 17.5. The van der Waals surface area contributed by atoms with Crippen LogP contribution in [0.4, 0.5) is 0 Å². The number of aryl methyl sites for hydroxylation is 2. The molecular formula is C24H27ClN4O. The molecule has 0 saturated carbocycles. The summed E-state index contributed by atoms with van der Waals surface area (Å²) in [5, 5.41) is 5.31. The van der Waals surface area contributed by atoms with E-state index < -0.39 is 0 Å². The van der Waals surface area contributed by atoms with E-state index in [-0.39, 0.29) is 5.91 Å². The molecule has 0 aliphatic carbocycles. The Labute approximate surface area is 182 Å². The maximum atomic E-state index is 12.9. The highest BCUT2D eigenvalue weighted by molar-refractivity contribution is 6.31. The van der Waals surface area contributed by atoms with Crippen LogP contribution in [0.25, 0.3) is 0 Å². The Balaban J connectivity index is 1.33. The Morgan fingerprint density at radius 1 is 0.967 bits per heavy atom. The van der Waals surface area contributed by atoms with Crippen LogP contribution in [0.15, 0.2) is 54.6 Å². The van der Waals surface area contributed by atoms with Gasteiger partial charge in [-0.15, -0.1) is 0 Å². The van der Waals surface area contributed by atoms with Gasteiger partial charge in [-0.05, 0) is 49.2 Å². The quantitative estimate of drug-likeness (QED) is 0.620. The van der Waals surface area contributed by atoms with Gasteiger partial charge in [0, 0.05) is 49.0 Å². The summed E-state index contributed by atoms with van der Waals surface area (Å²) in [5.74, 6) is 0.102. The Kier molecular flexibility index (Phi) is 6.21. The van der Waals surface area contributed by atoms with Crippen LogP contribution in [0.1, 0.15) is 32.9 Å². The fourth-order valence-electron chi connectivity index (χ4n) is 3.92. The molecule has 156 valence electrons. The molecule has 2 heterocycles. The van der Waals surface area contributed by atoms with Crippen molar-refractivity contribution in [3.8, 4) is 0 Å². The lowest BCUT2D eigenvalue weighted by atomic mass is 10.1. The fraction of sp³-hybridized carbons (Fsp3) is 0.333. The summed E-state index contributed by atoms with van der Waals surface area (Å²) in [7, 11) is 0. The van der Waals surface area contributed by atoms with E-state index in [4.69, 9.17) is 11.6 Å². The number of hydrogen-bond acceptors (Lipinski definition) is 3. The van der Waals surface area contributed by atoms with Gasteiger partial charge < -0.3 is 4.90 Å². The first-order chi connectivity index (χ1) is 14.5. The molecule has 2 aromatic carbocycles. The second kappa shape index (κ2) is 9.02. The van der Waals surface area contributed by atoms with Crippen LogP contribution in [0, 0.1) is 13.8 Å². The van der Waals surface area contributed by atoms with Gasteiger partial charge in [0.05, 0.1) is 12.2 Å². The summed E-state index contributed by atoms with van der Waals surface area (Å²) < 4.78 is 1.99. The molecule has 1 aliphatic heterocycles. The minimum atomic E-state index is 0.102. The number of benzene rings is 2. The minimum absolute atomic E-state index is 0.102. The van der Waals surface area contributed by atoms with Crippen LogP contribution in [0.3, 0.4) is 0 Å². The molecular weight excluding hydrogens is 396 g/mol. The van der Waals surface area contributed by atoms with E-state index in [9.17, 15) is 4.79 Å². The Morgan fingerprint density at radius 2 is 1.67 bits per heavy atom. The Morgan fingerprint density at radius 3 is 2.30 bits per heavy atom. The van der Waals surface area contributed by atoms with Crippen molar-refractivity contribution in [2.45, 2.75) is 26.9 Å².